The third kappa shape index (κ3) is 1.35. The summed E-state index contributed by atoms with van der Waals surface area (Å²) in [5.74, 6) is -0.158. The molecule has 74 valence electrons. The molecule has 0 amide bonds. The Morgan fingerprint density at radius 3 is 2.21 bits per heavy atom. The maximum Gasteiger partial charge on any atom is 0.188 e. The van der Waals surface area contributed by atoms with E-state index in [0.717, 1.165) is 0 Å². The summed E-state index contributed by atoms with van der Waals surface area (Å²) in [7, 11) is -3.40. The summed E-state index contributed by atoms with van der Waals surface area (Å²) in [5, 5.41) is -0.787. The van der Waals surface area contributed by atoms with Crippen LogP contribution in [0.5, 0.6) is 0 Å². The number of hydrogen-bond donors (Lipinski definition) is 0. The van der Waals surface area contributed by atoms with Gasteiger partial charge in [-0.3, -0.25) is 4.79 Å². The zero-order valence-electron chi connectivity index (χ0n) is 7.51. The first-order chi connectivity index (χ1) is 6.62. The van der Waals surface area contributed by atoms with E-state index in [9.17, 15) is 13.2 Å². The van der Waals surface area contributed by atoms with Crippen LogP contribution in [0.2, 0.25) is 0 Å². The van der Waals surface area contributed by atoms with E-state index in [4.69, 9.17) is 0 Å². The highest BCUT2D eigenvalue weighted by Gasteiger charge is 2.40. The average molecular weight is 210 g/mol. The third-order valence-electron chi connectivity index (χ3n) is 2.46. The van der Waals surface area contributed by atoms with E-state index in [0.29, 0.717) is 12.8 Å². The molecule has 0 bridgehead atoms. The fourth-order valence-corrected chi connectivity index (χ4v) is 3.24. The van der Waals surface area contributed by atoms with Gasteiger partial charge >= 0.3 is 0 Å². The van der Waals surface area contributed by atoms with Crippen LogP contribution in [0.4, 0.5) is 0 Å². The maximum absolute atomic E-state index is 11.8. The Hall–Kier alpha value is -1.16. The van der Waals surface area contributed by atoms with Gasteiger partial charge < -0.3 is 0 Å². The molecule has 1 aromatic rings. The molecule has 0 heterocycles. The molecule has 1 aliphatic carbocycles. The molecular weight excluding hydrogens is 200 g/mol. The van der Waals surface area contributed by atoms with E-state index in [1.54, 1.807) is 18.2 Å². The van der Waals surface area contributed by atoms with Gasteiger partial charge in [0.2, 0.25) is 0 Å². The number of carbonyl (C=O) groups excluding carboxylic acids is 1. The van der Waals surface area contributed by atoms with Crippen molar-refractivity contribution in [3.05, 3.63) is 30.3 Å². The minimum absolute atomic E-state index is 0.158. The molecule has 1 atom stereocenters. The minimum atomic E-state index is -3.40. The Morgan fingerprint density at radius 2 is 1.79 bits per heavy atom. The smallest absolute Gasteiger partial charge is 0.188 e. The summed E-state index contributed by atoms with van der Waals surface area (Å²) in [6.45, 7) is 0. The highest BCUT2D eigenvalue weighted by Crippen LogP contribution is 2.27. The fourth-order valence-electron chi connectivity index (χ4n) is 1.48. The van der Waals surface area contributed by atoms with Gasteiger partial charge in [-0.05, 0) is 18.6 Å². The minimum Gasteiger partial charge on any atom is -0.298 e. The number of hydrogen-bond acceptors (Lipinski definition) is 3. The lowest BCUT2D eigenvalue weighted by Gasteiger charge is -2.23. The number of ketones is 1. The van der Waals surface area contributed by atoms with Crippen LogP contribution >= 0.6 is 0 Å². The molecule has 0 aromatic heterocycles. The molecule has 0 aliphatic heterocycles. The van der Waals surface area contributed by atoms with Crippen molar-refractivity contribution in [3.63, 3.8) is 0 Å². The SMILES string of the molecule is O=C1CC[C@H]1S(=O)(=O)c1ccccc1. The van der Waals surface area contributed by atoms with Gasteiger partial charge in [0.1, 0.15) is 5.25 Å². The lowest BCUT2D eigenvalue weighted by molar-refractivity contribution is -0.122. The van der Waals surface area contributed by atoms with Crippen LogP contribution in [0.3, 0.4) is 0 Å². The van der Waals surface area contributed by atoms with E-state index in [-0.39, 0.29) is 10.7 Å². The van der Waals surface area contributed by atoms with Gasteiger partial charge in [-0.25, -0.2) is 8.42 Å². The predicted octanol–water partition coefficient (Wildman–Crippen LogP) is 1.19. The normalized spacial score (nSPS) is 21.7. The van der Waals surface area contributed by atoms with E-state index < -0.39 is 15.1 Å². The van der Waals surface area contributed by atoms with Gasteiger partial charge in [0.25, 0.3) is 0 Å². The molecule has 1 aliphatic rings. The average Bonchev–Trinajstić information content (AvgIpc) is 2.16. The Bertz CT molecular complexity index is 448. The van der Waals surface area contributed by atoms with Gasteiger partial charge in [-0.15, -0.1) is 0 Å². The van der Waals surface area contributed by atoms with Crippen molar-refractivity contribution < 1.29 is 13.2 Å². The molecule has 4 heteroatoms. The van der Waals surface area contributed by atoms with Crippen molar-refractivity contribution in [3.8, 4) is 0 Å². The van der Waals surface area contributed by atoms with Crippen molar-refractivity contribution in [1.29, 1.82) is 0 Å². The number of rotatable bonds is 2. The van der Waals surface area contributed by atoms with Crippen LogP contribution in [-0.2, 0) is 14.6 Å². The lowest BCUT2D eigenvalue weighted by atomic mass is 9.98. The lowest BCUT2D eigenvalue weighted by Crippen LogP contribution is -2.38. The van der Waals surface area contributed by atoms with Crippen LogP contribution < -0.4 is 0 Å². The van der Waals surface area contributed by atoms with Crippen molar-refractivity contribution in [2.24, 2.45) is 0 Å². The number of Topliss-reactive ketones (excluding diaryl/α,β-unsaturated/α-hetero) is 1. The van der Waals surface area contributed by atoms with Crippen molar-refractivity contribution >= 4 is 15.6 Å². The van der Waals surface area contributed by atoms with Crippen LogP contribution in [0, 0.1) is 0 Å². The summed E-state index contributed by atoms with van der Waals surface area (Å²) >= 11 is 0. The Labute approximate surface area is 82.7 Å². The zero-order chi connectivity index (χ0) is 10.2. The Kier molecular flexibility index (Phi) is 2.15. The van der Waals surface area contributed by atoms with Crippen molar-refractivity contribution in [2.75, 3.05) is 0 Å². The standard InChI is InChI=1S/C10H10O3S/c11-9-6-7-10(9)14(12,13)8-4-2-1-3-5-8/h1-5,10H,6-7H2/t10-/m1/s1. The summed E-state index contributed by atoms with van der Waals surface area (Å²) in [6.07, 6.45) is 0.868. The maximum atomic E-state index is 11.8. The molecule has 0 spiro atoms. The van der Waals surface area contributed by atoms with Crippen LogP contribution in [0.25, 0.3) is 0 Å². The second kappa shape index (κ2) is 3.20. The molecule has 0 N–H and O–H groups in total. The van der Waals surface area contributed by atoms with Gasteiger partial charge in [0.15, 0.2) is 15.6 Å². The van der Waals surface area contributed by atoms with Crippen molar-refractivity contribution in [1.82, 2.24) is 0 Å². The number of benzene rings is 1. The van der Waals surface area contributed by atoms with E-state index >= 15 is 0 Å². The highest BCUT2D eigenvalue weighted by atomic mass is 32.2. The van der Waals surface area contributed by atoms with E-state index in [1.165, 1.54) is 12.1 Å². The second-order valence-electron chi connectivity index (χ2n) is 3.35. The molecule has 14 heavy (non-hydrogen) atoms. The molecule has 2 rings (SSSR count). The summed E-state index contributed by atoms with van der Waals surface area (Å²) in [5.41, 5.74) is 0. The summed E-state index contributed by atoms with van der Waals surface area (Å²) in [4.78, 5) is 11.3. The van der Waals surface area contributed by atoms with Crippen LogP contribution in [0.15, 0.2) is 35.2 Å². The molecule has 3 nitrogen and oxygen atoms in total. The molecular formula is C10H10O3S. The predicted molar refractivity (Wildman–Crippen MR) is 51.7 cm³/mol. The quantitative estimate of drug-likeness (QED) is 0.736. The first-order valence-electron chi connectivity index (χ1n) is 4.44. The van der Waals surface area contributed by atoms with Crippen molar-refractivity contribution in [2.45, 2.75) is 23.0 Å². The number of carbonyl (C=O) groups is 1. The van der Waals surface area contributed by atoms with Crippen LogP contribution in [-0.4, -0.2) is 19.5 Å². The van der Waals surface area contributed by atoms with E-state index in [2.05, 4.69) is 0 Å². The molecule has 0 unspecified atom stereocenters. The van der Waals surface area contributed by atoms with Gasteiger partial charge in [-0.1, -0.05) is 18.2 Å². The Balaban J connectivity index is 2.39. The van der Waals surface area contributed by atoms with Gasteiger partial charge in [0, 0.05) is 6.42 Å². The summed E-state index contributed by atoms with van der Waals surface area (Å²) < 4.78 is 23.6. The topological polar surface area (TPSA) is 51.2 Å². The molecule has 1 saturated carbocycles. The first-order valence-corrected chi connectivity index (χ1v) is 5.98. The third-order valence-corrected chi connectivity index (χ3v) is 4.64. The molecule has 1 fully saturated rings. The van der Waals surface area contributed by atoms with Gasteiger partial charge in [-0.2, -0.15) is 0 Å². The highest BCUT2D eigenvalue weighted by molar-refractivity contribution is 7.93. The van der Waals surface area contributed by atoms with Gasteiger partial charge in [0.05, 0.1) is 4.90 Å². The zero-order valence-corrected chi connectivity index (χ0v) is 8.33. The van der Waals surface area contributed by atoms with Crippen LogP contribution in [0.1, 0.15) is 12.8 Å². The monoisotopic (exact) mass is 210 g/mol. The summed E-state index contributed by atoms with van der Waals surface area (Å²) in [6, 6.07) is 8.13. The second-order valence-corrected chi connectivity index (χ2v) is 5.48. The fraction of sp³-hybridized carbons (Fsp3) is 0.300. The van der Waals surface area contributed by atoms with E-state index in [1.807, 2.05) is 0 Å². The number of sulfone groups is 1. The largest absolute Gasteiger partial charge is 0.298 e. The Morgan fingerprint density at radius 1 is 1.14 bits per heavy atom. The first kappa shape index (κ1) is 9.40. The molecule has 0 saturated heterocycles. The molecule has 0 radical (unpaired) electrons. The molecule has 1 aromatic carbocycles.